The molecule has 1 heterocycles. The molecule has 0 saturated carbocycles. The van der Waals surface area contributed by atoms with Gasteiger partial charge < -0.3 is 10.6 Å². The molecule has 7 nitrogen and oxygen atoms in total. The molecule has 2 amide bonds. The molecule has 10 heteroatoms. The predicted octanol–water partition coefficient (Wildman–Crippen LogP) is 4.63. The quantitative estimate of drug-likeness (QED) is 0.246. The van der Waals surface area contributed by atoms with Gasteiger partial charge in [-0.05, 0) is 42.0 Å². The van der Waals surface area contributed by atoms with Gasteiger partial charge in [-0.3, -0.25) is 19.0 Å². The summed E-state index contributed by atoms with van der Waals surface area (Å²) in [6, 6.07) is 19.7. The van der Waals surface area contributed by atoms with Gasteiger partial charge in [0, 0.05) is 19.5 Å². The molecule has 0 aliphatic heterocycles. The van der Waals surface area contributed by atoms with E-state index in [0.29, 0.717) is 26.8 Å². The van der Waals surface area contributed by atoms with E-state index >= 15 is 0 Å². The summed E-state index contributed by atoms with van der Waals surface area (Å²) in [4.78, 5) is 42.7. The molecule has 2 N–H and O–H groups in total. The Kier molecular flexibility index (Phi) is 8.35. The first-order chi connectivity index (χ1) is 17.4. The largest absolute Gasteiger partial charge is 0.352 e. The number of para-hydroxylation sites is 2. The highest BCUT2D eigenvalue weighted by Crippen LogP contribution is 2.22. The monoisotopic (exact) mass is 524 g/mol. The second-order valence-electron chi connectivity index (χ2n) is 7.84. The van der Waals surface area contributed by atoms with Gasteiger partial charge in [0.2, 0.25) is 11.8 Å². The topological polar surface area (TPSA) is 93.1 Å². The van der Waals surface area contributed by atoms with E-state index in [1.54, 1.807) is 60.7 Å². The number of anilines is 1. The molecule has 0 radical (unpaired) electrons. The van der Waals surface area contributed by atoms with Crippen LogP contribution in [-0.4, -0.2) is 27.1 Å². The SMILES string of the molecule is O=C(CCn1c(SCC(=O)Nc2ccccc2Cl)nc2ccccc2c1=O)NCc1ccc(F)cc1. The number of hydrogen-bond donors (Lipinski definition) is 2. The maximum Gasteiger partial charge on any atom is 0.262 e. The van der Waals surface area contributed by atoms with Gasteiger partial charge in [0.25, 0.3) is 5.56 Å². The first-order valence-corrected chi connectivity index (χ1v) is 12.4. The Hall–Kier alpha value is -3.69. The third kappa shape index (κ3) is 6.50. The van der Waals surface area contributed by atoms with Gasteiger partial charge in [-0.1, -0.05) is 59.8 Å². The number of amides is 2. The van der Waals surface area contributed by atoms with Gasteiger partial charge in [-0.2, -0.15) is 0 Å². The maximum absolute atomic E-state index is 13.2. The first-order valence-electron chi connectivity index (χ1n) is 11.1. The Morgan fingerprint density at radius 1 is 0.972 bits per heavy atom. The fourth-order valence-electron chi connectivity index (χ4n) is 3.44. The van der Waals surface area contributed by atoms with E-state index in [1.165, 1.54) is 16.7 Å². The highest BCUT2D eigenvalue weighted by molar-refractivity contribution is 7.99. The minimum Gasteiger partial charge on any atom is -0.352 e. The van der Waals surface area contributed by atoms with Crippen LogP contribution >= 0.6 is 23.4 Å². The van der Waals surface area contributed by atoms with Crippen LogP contribution in [0, 0.1) is 5.82 Å². The second kappa shape index (κ2) is 11.8. The second-order valence-corrected chi connectivity index (χ2v) is 9.19. The average Bonchev–Trinajstić information content (AvgIpc) is 2.88. The summed E-state index contributed by atoms with van der Waals surface area (Å²) in [6.45, 7) is 0.328. The molecular weight excluding hydrogens is 503 g/mol. The summed E-state index contributed by atoms with van der Waals surface area (Å²) < 4.78 is 14.5. The van der Waals surface area contributed by atoms with Crippen molar-refractivity contribution in [3.63, 3.8) is 0 Å². The molecule has 1 aromatic heterocycles. The normalized spacial score (nSPS) is 10.8. The summed E-state index contributed by atoms with van der Waals surface area (Å²) in [5.74, 6) is -0.933. The van der Waals surface area contributed by atoms with Crippen LogP contribution in [0.1, 0.15) is 12.0 Å². The molecule has 0 bridgehead atoms. The fraction of sp³-hybridized carbons (Fsp3) is 0.154. The number of nitrogens with one attached hydrogen (secondary N) is 2. The third-order valence-corrected chi connectivity index (χ3v) is 6.58. The summed E-state index contributed by atoms with van der Waals surface area (Å²) in [5.41, 5.74) is 1.47. The smallest absolute Gasteiger partial charge is 0.262 e. The van der Waals surface area contributed by atoms with E-state index in [0.717, 1.165) is 17.3 Å². The Morgan fingerprint density at radius 3 is 2.47 bits per heavy atom. The number of carbonyl (C=O) groups is 2. The molecule has 0 saturated heterocycles. The van der Waals surface area contributed by atoms with E-state index in [-0.39, 0.29) is 48.5 Å². The van der Waals surface area contributed by atoms with Crippen LogP contribution in [0.4, 0.5) is 10.1 Å². The van der Waals surface area contributed by atoms with Crippen LogP contribution in [0.2, 0.25) is 5.02 Å². The zero-order valence-electron chi connectivity index (χ0n) is 19.0. The van der Waals surface area contributed by atoms with Crippen molar-refractivity contribution in [2.24, 2.45) is 0 Å². The molecule has 0 aliphatic rings. The molecular formula is C26H22ClFN4O3S. The lowest BCUT2D eigenvalue weighted by Crippen LogP contribution is -2.29. The highest BCUT2D eigenvalue weighted by atomic mass is 35.5. The van der Waals surface area contributed by atoms with Gasteiger partial charge >= 0.3 is 0 Å². The van der Waals surface area contributed by atoms with E-state index in [9.17, 15) is 18.8 Å². The van der Waals surface area contributed by atoms with Crippen molar-refractivity contribution in [2.45, 2.75) is 24.7 Å². The standard InChI is InChI=1S/C26H22ClFN4O3S/c27-20-6-2-4-8-22(20)30-24(34)16-36-26-31-21-7-3-1-5-19(21)25(35)32(26)14-13-23(33)29-15-17-9-11-18(28)12-10-17/h1-12H,13-16H2,(H,29,33)(H,30,34). The summed E-state index contributed by atoms with van der Waals surface area (Å²) >= 11 is 7.21. The minimum atomic E-state index is -0.348. The number of halogens is 2. The molecule has 0 aliphatic carbocycles. The van der Waals surface area contributed by atoms with Gasteiger partial charge in [0.1, 0.15) is 5.82 Å². The van der Waals surface area contributed by atoms with Crippen LogP contribution in [0.25, 0.3) is 10.9 Å². The molecule has 3 aromatic carbocycles. The maximum atomic E-state index is 13.2. The molecule has 36 heavy (non-hydrogen) atoms. The first kappa shape index (κ1) is 25.4. The van der Waals surface area contributed by atoms with Crippen LogP contribution in [0.15, 0.2) is 82.7 Å². The lowest BCUT2D eigenvalue weighted by Gasteiger charge is -2.13. The Morgan fingerprint density at radius 2 is 1.69 bits per heavy atom. The molecule has 184 valence electrons. The zero-order valence-corrected chi connectivity index (χ0v) is 20.6. The number of thioether (sulfide) groups is 1. The van der Waals surface area contributed by atoms with E-state index in [1.807, 2.05) is 0 Å². The molecule has 0 atom stereocenters. The van der Waals surface area contributed by atoms with E-state index in [4.69, 9.17) is 11.6 Å². The number of hydrogen-bond acceptors (Lipinski definition) is 5. The van der Waals surface area contributed by atoms with Crippen molar-refractivity contribution < 1.29 is 14.0 Å². The molecule has 0 unspecified atom stereocenters. The van der Waals surface area contributed by atoms with Gasteiger partial charge in [-0.15, -0.1) is 0 Å². The average molecular weight is 525 g/mol. The van der Waals surface area contributed by atoms with Crippen LogP contribution in [0.3, 0.4) is 0 Å². The number of nitrogens with zero attached hydrogens (tertiary/aromatic N) is 2. The Balaban J connectivity index is 1.46. The van der Waals surface area contributed by atoms with Gasteiger partial charge in [0.15, 0.2) is 5.16 Å². The number of benzene rings is 3. The minimum absolute atomic E-state index is 0.00718. The number of carbonyl (C=O) groups excluding carboxylic acids is 2. The van der Waals surface area contributed by atoms with Crippen molar-refractivity contribution in [2.75, 3.05) is 11.1 Å². The zero-order chi connectivity index (χ0) is 25.5. The van der Waals surface area contributed by atoms with Crippen molar-refractivity contribution in [3.8, 4) is 0 Å². The fourth-order valence-corrected chi connectivity index (χ4v) is 4.45. The van der Waals surface area contributed by atoms with Crippen LogP contribution < -0.4 is 16.2 Å². The van der Waals surface area contributed by atoms with E-state index < -0.39 is 0 Å². The summed E-state index contributed by atoms with van der Waals surface area (Å²) in [6.07, 6.45) is 0.0283. The van der Waals surface area contributed by atoms with Crippen molar-refractivity contribution >= 4 is 51.8 Å². The molecule has 0 fully saturated rings. The molecule has 4 aromatic rings. The lowest BCUT2D eigenvalue weighted by atomic mass is 10.2. The van der Waals surface area contributed by atoms with Crippen molar-refractivity contribution in [3.05, 3.63) is 99.6 Å². The molecule has 4 rings (SSSR count). The van der Waals surface area contributed by atoms with Crippen LogP contribution in [0.5, 0.6) is 0 Å². The predicted molar refractivity (Wildman–Crippen MR) is 140 cm³/mol. The highest BCUT2D eigenvalue weighted by Gasteiger charge is 2.15. The number of aromatic nitrogens is 2. The van der Waals surface area contributed by atoms with Crippen molar-refractivity contribution in [1.82, 2.24) is 14.9 Å². The Labute approximate surface area is 215 Å². The molecule has 0 spiro atoms. The van der Waals surface area contributed by atoms with E-state index in [2.05, 4.69) is 15.6 Å². The number of rotatable bonds is 9. The Bertz CT molecular complexity index is 1460. The third-order valence-electron chi connectivity index (χ3n) is 5.27. The summed E-state index contributed by atoms with van der Waals surface area (Å²) in [7, 11) is 0. The number of fused-ring (bicyclic) bond motifs is 1. The van der Waals surface area contributed by atoms with Crippen molar-refractivity contribution in [1.29, 1.82) is 0 Å². The van der Waals surface area contributed by atoms with Crippen LogP contribution in [-0.2, 0) is 22.7 Å². The summed E-state index contributed by atoms with van der Waals surface area (Å²) in [5, 5.41) is 6.69. The lowest BCUT2D eigenvalue weighted by molar-refractivity contribution is -0.121. The van der Waals surface area contributed by atoms with Gasteiger partial charge in [0.05, 0.1) is 27.4 Å². The van der Waals surface area contributed by atoms with Gasteiger partial charge in [-0.25, -0.2) is 9.37 Å².